The van der Waals surface area contributed by atoms with Crippen LogP contribution in [0, 0.1) is 0 Å². The van der Waals surface area contributed by atoms with Gasteiger partial charge in [-0.2, -0.15) is 5.10 Å². The Labute approximate surface area is 85.3 Å². The molecule has 1 saturated carbocycles. The molecule has 0 saturated heterocycles. The van der Waals surface area contributed by atoms with E-state index >= 15 is 0 Å². The minimum Gasteiger partial charge on any atom is -0.330 e. The van der Waals surface area contributed by atoms with Crippen molar-refractivity contribution in [1.82, 2.24) is 9.78 Å². The van der Waals surface area contributed by atoms with Gasteiger partial charge in [-0.05, 0) is 30.9 Å². The molecule has 0 aromatic carbocycles. The van der Waals surface area contributed by atoms with Gasteiger partial charge < -0.3 is 5.73 Å². The number of nitrogens with two attached hydrogens (primary N) is 1. The van der Waals surface area contributed by atoms with Crippen LogP contribution >= 0.6 is 0 Å². The maximum Gasteiger partial charge on any atom is 0.0527 e. The van der Waals surface area contributed by atoms with Gasteiger partial charge in [0, 0.05) is 19.2 Å². The third-order valence-electron chi connectivity index (χ3n) is 3.27. The normalized spacial score (nSPS) is 17.9. The van der Waals surface area contributed by atoms with Crippen molar-refractivity contribution in [3.05, 3.63) is 17.5 Å². The minimum atomic E-state index is 0.721. The van der Waals surface area contributed by atoms with Crippen LogP contribution in [0.4, 0.5) is 0 Å². The SMILES string of the molecule is Cn1ncc(C2CCCC2)c1CCN. The number of aromatic nitrogens is 2. The molecule has 0 spiro atoms. The summed E-state index contributed by atoms with van der Waals surface area (Å²) in [5, 5.41) is 4.34. The summed E-state index contributed by atoms with van der Waals surface area (Å²) in [6.45, 7) is 0.721. The number of aryl methyl sites for hydroxylation is 1. The molecule has 1 heterocycles. The Morgan fingerprint density at radius 3 is 2.86 bits per heavy atom. The van der Waals surface area contributed by atoms with E-state index in [1.807, 2.05) is 17.9 Å². The van der Waals surface area contributed by atoms with Crippen LogP contribution in [0.3, 0.4) is 0 Å². The standard InChI is InChI=1S/C11H19N3/c1-14-11(6-7-12)10(8-13-14)9-4-2-3-5-9/h8-9H,2-7,12H2,1H3. The molecular weight excluding hydrogens is 174 g/mol. The van der Waals surface area contributed by atoms with Crippen LogP contribution in [0.15, 0.2) is 6.20 Å². The molecule has 1 aromatic rings. The number of hydrogen-bond acceptors (Lipinski definition) is 2. The van der Waals surface area contributed by atoms with Gasteiger partial charge >= 0.3 is 0 Å². The zero-order valence-corrected chi connectivity index (χ0v) is 8.87. The van der Waals surface area contributed by atoms with Crippen LogP contribution in [0.25, 0.3) is 0 Å². The number of rotatable bonds is 3. The Bertz CT molecular complexity index is 297. The second-order valence-electron chi connectivity index (χ2n) is 4.19. The van der Waals surface area contributed by atoms with Gasteiger partial charge in [-0.15, -0.1) is 0 Å². The van der Waals surface area contributed by atoms with Gasteiger partial charge in [0.15, 0.2) is 0 Å². The third kappa shape index (κ3) is 1.69. The predicted octanol–water partition coefficient (Wildman–Crippen LogP) is 1.58. The second kappa shape index (κ2) is 4.13. The second-order valence-corrected chi connectivity index (χ2v) is 4.19. The van der Waals surface area contributed by atoms with Crippen LogP contribution in [0.5, 0.6) is 0 Å². The molecule has 2 N–H and O–H groups in total. The van der Waals surface area contributed by atoms with Crippen LogP contribution in [0.2, 0.25) is 0 Å². The van der Waals surface area contributed by atoms with Crippen molar-refractivity contribution in [2.75, 3.05) is 6.54 Å². The molecule has 1 aliphatic carbocycles. The van der Waals surface area contributed by atoms with Crippen LogP contribution in [-0.2, 0) is 13.5 Å². The average molecular weight is 193 g/mol. The monoisotopic (exact) mass is 193 g/mol. The van der Waals surface area contributed by atoms with E-state index in [1.165, 1.54) is 36.9 Å². The van der Waals surface area contributed by atoms with Gasteiger partial charge in [0.25, 0.3) is 0 Å². The molecule has 0 amide bonds. The summed E-state index contributed by atoms with van der Waals surface area (Å²) in [5.74, 6) is 0.755. The molecule has 0 bridgehead atoms. The highest BCUT2D eigenvalue weighted by atomic mass is 15.3. The van der Waals surface area contributed by atoms with Crippen LogP contribution in [-0.4, -0.2) is 16.3 Å². The number of hydrogen-bond donors (Lipinski definition) is 1. The number of nitrogens with zero attached hydrogens (tertiary/aromatic N) is 2. The molecule has 0 atom stereocenters. The summed E-state index contributed by atoms with van der Waals surface area (Å²) in [4.78, 5) is 0. The maximum absolute atomic E-state index is 5.62. The quantitative estimate of drug-likeness (QED) is 0.792. The van der Waals surface area contributed by atoms with Crippen molar-refractivity contribution >= 4 is 0 Å². The molecule has 3 nitrogen and oxygen atoms in total. The zero-order chi connectivity index (χ0) is 9.97. The van der Waals surface area contributed by atoms with E-state index in [-0.39, 0.29) is 0 Å². The Morgan fingerprint density at radius 2 is 2.21 bits per heavy atom. The van der Waals surface area contributed by atoms with E-state index in [2.05, 4.69) is 5.10 Å². The minimum absolute atomic E-state index is 0.721. The fraction of sp³-hybridized carbons (Fsp3) is 0.727. The predicted molar refractivity (Wildman–Crippen MR) is 57.2 cm³/mol. The molecule has 0 radical (unpaired) electrons. The molecule has 0 unspecified atom stereocenters. The highest BCUT2D eigenvalue weighted by Gasteiger charge is 2.21. The average Bonchev–Trinajstić information content (AvgIpc) is 2.77. The fourth-order valence-corrected chi connectivity index (χ4v) is 2.50. The van der Waals surface area contributed by atoms with Gasteiger partial charge in [0.05, 0.1) is 6.20 Å². The van der Waals surface area contributed by atoms with Gasteiger partial charge in [0.1, 0.15) is 0 Å². The van der Waals surface area contributed by atoms with Gasteiger partial charge in [-0.1, -0.05) is 12.8 Å². The molecule has 1 aromatic heterocycles. The van der Waals surface area contributed by atoms with Crippen molar-refractivity contribution in [2.45, 2.75) is 38.0 Å². The Kier molecular flexibility index (Phi) is 2.87. The van der Waals surface area contributed by atoms with Crippen molar-refractivity contribution < 1.29 is 0 Å². The first-order valence-corrected chi connectivity index (χ1v) is 5.53. The lowest BCUT2D eigenvalue weighted by atomic mass is 9.97. The van der Waals surface area contributed by atoms with Crippen molar-refractivity contribution in [3.63, 3.8) is 0 Å². The molecular formula is C11H19N3. The van der Waals surface area contributed by atoms with E-state index in [9.17, 15) is 0 Å². The van der Waals surface area contributed by atoms with Gasteiger partial charge in [0.2, 0.25) is 0 Å². The van der Waals surface area contributed by atoms with E-state index in [0.717, 1.165) is 18.9 Å². The van der Waals surface area contributed by atoms with Crippen LogP contribution < -0.4 is 5.73 Å². The highest BCUT2D eigenvalue weighted by molar-refractivity contribution is 5.23. The van der Waals surface area contributed by atoms with Gasteiger partial charge in [-0.25, -0.2) is 0 Å². The Morgan fingerprint density at radius 1 is 1.50 bits per heavy atom. The summed E-state index contributed by atoms with van der Waals surface area (Å²) >= 11 is 0. The fourth-order valence-electron chi connectivity index (χ4n) is 2.50. The summed E-state index contributed by atoms with van der Waals surface area (Å²) < 4.78 is 1.99. The topological polar surface area (TPSA) is 43.8 Å². The van der Waals surface area contributed by atoms with E-state index in [4.69, 9.17) is 5.73 Å². The van der Waals surface area contributed by atoms with Crippen molar-refractivity contribution in [2.24, 2.45) is 12.8 Å². The largest absolute Gasteiger partial charge is 0.330 e. The van der Waals surface area contributed by atoms with E-state index in [1.54, 1.807) is 0 Å². The maximum atomic E-state index is 5.62. The first kappa shape index (κ1) is 9.71. The third-order valence-corrected chi connectivity index (χ3v) is 3.27. The van der Waals surface area contributed by atoms with Crippen molar-refractivity contribution in [3.8, 4) is 0 Å². The lowest BCUT2D eigenvalue weighted by molar-refractivity contribution is 0.675. The van der Waals surface area contributed by atoms with E-state index in [0.29, 0.717) is 0 Å². The summed E-state index contributed by atoms with van der Waals surface area (Å²) in [7, 11) is 2.02. The summed E-state index contributed by atoms with van der Waals surface area (Å²) in [5.41, 5.74) is 8.42. The highest BCUT2D eigenvalue weighted by Crippen LogP contribution is 2.35. The molecule has 1 aliphatic rings. The first-order valence-electron chi connectivity index (χ1n) is 5.53. The van der Waals surface area contributed by atoms with Crippen molar-refractivity contribution in [1.29, 1.82) is 0 Å². The lowest BCUT2D eigenvalue weighted by Crippen LogP contribution is -2.10. The van der Waals surface area contributed by atoms with E-state index < -0.39 is 0 Å². The molecule has 3 heteroatoms. The lowest BCUT2D eigenvalue weighted by Gasteiger charge is -2.10. The molecule has 78 valence electrons. The molecule has 1 fully saturated rings. The Balaban J connectivity index is 2.22. The smallest absolute Gasteiger partial charge is 0.0527 e. The molecule has 14 heavy (non-hydrogen) atoms. The molecule has 0 aliphatic heterocycles. The first-order chi connectivity index (χ1) is 6.83. The van der Waals surface area contributed by atoms with Gasteiger partial charge in [-0.3, -0.25) is 4.68 Å². The Hall–Kier alpha value is -0.830. The molecule has 2 rings (SSSR count). The zero-order valence-electron chi connectivity index (χ0n) is 8.87. The van der Waals surface area contributed by atoms with Crippen LogP contribution in [0.1, 0.15) is 42.9 Å². The summed E-state index contributed by atoms with van der Waals surface area (Å²) in [6, 6.07) is 0. The summed E-state index contributed by atoms with van der Waals surface area (Å²) in [6.07, 6.45) is 8.43.